The molecule has 0 aliphatic heterocycles. The van der Waals surface area contributed by atoms with Crippen molar-refractivity contribution >= 4 is 5.97 Å². The summed E-state index contributed by atoms with van der Waals surface area (Å²) >= 11 is 0. The van der Waals surface area contributed by atoms with Crippen LogP contribution < -0.4 is 0 Å². The van der Waals surface area contributed by atoms with E-state index in [1.54, 1.807) is 12.1 Å². The predicted octanol–water partition coefficient (Wildman–Crippen LogP) is 2.58. The highest BCUT2D eigenvalue weighted by Crippen LogP contribution is 2.55. The molecule has 1 aliphatic rings. The first kappa shape index (κ1) is 10.1. The van der Waals surface area contributed by atoms with E-state index in [1.165, 1.54) is 12.1 Å². The Morgan fingerprint density at radius 1 is 1.53 bits per heavy atom. The van der Waals surface area contributed by atoms with Gasteiger partial charge in [0.1, 0.15) is 5.82 Å². The van der Waals surface area contributed by atoms with E-state index in [-0.39, 0.29) is 23.6 Å². The Balaban J connectivity index is 2.12. The van der Waals surface area contributed by atoms with Crippen LogP contribution in [0.5, 0.6) is 0 Å². The van der Waals surface area contributed by atoms with Crippen LogP contribution in [0.3, 0.4) is 0 Å². The quantitative estimate of drug-likeness (QED) is 0.828. The molecule has 0 bridgehead atoms. The Hall–Kier alpha value is -1.38. The van der Waals surface area contributed by atoms with E-state index in [0.717, 1.165) is 12.0 Å². The summed E-state index contributed by atoms with van der Waals surface area (Å²) < 4.78 is 12.7. The second-order valence-corrected chi connectivity index (χ2v) is 4.42. The highest BCUT2D eigenvalue weighted by Gasteiger charge is 2.51. The fourth-order valence-corrected chi connectivity index (χ4v) is 2.15. The van der Waals surface area contributed by atoms with Crippen LogP contribution in [-0.2, 0) is 10.2 Å². The van der Waals surface area contributed by atoms with E-state index in [9.17, 15) is 9.18 Å². The summed E-state index contributed by atoms with van der Waals surface area (Å²) in [6.07, 6.45) is 1.08. The molecule has 2 unspecified atom stereocenters. The Bertz CT molecular complexity index is 385. The monoisotopic (exact) mass is 208 g/mol. The number of carboxylic acids is 1. The van der Waals surface area contributed by atoms with E-state index in [1.807, 2.05) is 6.92 Å². The van der Waals surface area contributed by atoms with Crippen molar-refractivity contribution in [1.82, 2.24) is 0 Å². The van der Waals surface area contributed by atoms with Gasteiger partial charge in [0.15, 0.2) is 0 Å². The number of hydrogen-bond donors (Lipinski definition) is 1. The molecule has 0 radical (unpaired) electrons. The Labute approximate surface area is 87.7 Å². The predicted molar refractivity (Wildman–Crippen MR) is 54.1 cm³/mol. The molecule has 1 aromatic carbocycles. The van der Waals surface area contributed by atoms with E-state index in [0.29, 0.717) is 0 Å². The third kappa shape index (κ3) is 1.87. The molecule has 0 aromatic heterocycles. The van der Waals surface area contributed by atoms with Gasteiger partial charge in [-0.05, 0) is 35.4 Å². The normalized spacial score (nSPS) is 28.8. The van der Waals surface area contributed by atoms with Gasteiger partial charge >= 0.3 is 5.97 Å². The first-order valence-corrected chi connectivity index (χ1v) is 5.00. The summed E-state index contributed by atoms with van der Waals surface area (Å²) in [7, 11) is 0. The summed E-state index contributed by atoms with van der Waals surface area (Å²) in [6.45, 7) is 2.04. The molecular formula is C12H13FO2. The van der Waals surface area contributed by atoms with Gasteiger partial charge in [-0.3, -0.25) is 4.79 Å². The summed E-state index contributed by atoms with van der Waals surface area (Å²) in [5.41, 5.74) is 0.974. The number of rotatable bonds is 3. The second kappa shape index (κ2) is 3.33. The largest absolute Gasteiger partial charge is 0.481 e. The Morgan fingerprint density at radius 3 is 2.67 bits per heavy atom. The SMILES string of the molecule is CC1(c2ccc(F)cc2)CC1CC(=O)O. The molecule has 1 saturated carbocycles. The van der Waals surface area contributed by atoms with Crippen molar-refractivity contribution in [3.63, 3.8) is 0 Å². The third-order valence-electron chi connectivity index (χ3n) is 3.34. The van der Waals surface area contributed by atoms with Gasteiger partial charge in [-0.15, -0.1) is 0 Å². The molecule has 1 N–H and O–H groups in total. The van der Waals surface area contributed by atoms with Gasteiger partial charge in [0, 0.05) is 6.42 Å². The zero-order valence-corrected chi connectivity index (χ0v) is 8.53. The fraction of sp³-hybridized carbons (Fsp3) is 0.417. The minimum atomic E-state index is -0.758. The molecule has 1 aliphatic carbocycles. The smallest absolute Gasteiger partial charge is 0.303 e. The van der Waals surface area contributed by atoms with Crippen molar-refractivity contribution in [3.05, 3.63) is 35.6 Å². The molecule has 2 atom stereocenters. The standard InChI is InChI=1S/C12H13FO2/c1-12(7-9(12)6-11(14)15)8-2-4-10(13)5-3-8/h2-5,9H,6-7H2,1H3,(H,14,15). The average molecular weight is 208 g/mol. The first-order valence-electron chi connectivity index (χ1n) is 5.00. The number of benzene rings is 1. The minimum Gasteiger partial charge on any atom is -0.481 e. The van der Waals surface area contributed by atoms with Gasteiger partial charge < -0.3 is 5.11 Å². The van der Waals surface area contributed by atoms with E-state index in [4.69, 9.17) is 5.11 Å². The minimum absolute atomic E-state index is 0.0634. The Kier molecular flexibility index (Phi) is 2.25. The number of aliphatic carboxylic acids is 1. The lowest BCUT2D eigenvalue weighted by atomic mass is 9.94. The van der Waals surface area contributed by atoms with Crippen molar-refractivity contribution < 1.29 is 14.3 Å². The van der Waals surface area contributed by atoms with Gasteiger partial charge in [0.2, 0.25) is 0 Å². The second-order valence-electron chi connectivity index (χ2n) is 4.42. The van der Waals surface area contributed by atoms with E-state index >= 15 is 0 Å². The van der Waals surface area contributed by atoms with Crippen LogP contribution in [0.4, 0.5) is 4.39 Å². The number of carbonyl (C=O) groups is 1. The molecule has 0 heterocycles. The van der Waals surface area contributed by atoms with Crippen LogP contribution in [0.15, 0.2) is 24.3 Å². The van der Waals surface area contributed by atoms with Crippen molar-refractivity contribution in [3.8, 4) is 0 Å². The molecular weight excluding hydrogens is 195 g/mol. The lowest BCUT2D eigenvalue weighted by Gasteiger charge is -2.10. The van der Waals surface area contributed by atoms with Crippen molar-refractivity contribution in [2.75, 3.05) is 0 Å². The van der Waals surface area contributed by atoms with Crippen LogP contribution in [0.25, 0.3) is 0 Å². The lowest BCUT2D eigenvalue weighted by molar-refractivity contribution is -0.137. The molecule has 80 valence electrons. The highest BCUT2D eigenvalue weighted by atomic mass is 19.1. The number of halogens is 1. The molecule has 3 heteroatoms. The molecule has 2 nitrogen and oxygen atoms in total. The topological polar surface area (TPSA) is 37.3 Å². The van der Waals surface area contributed by atoms with Crippen LogP contribution in [0.1, 0.15) is 25.3 Å². The summed E-state index contributed by atoms with van der Waals surface area (Å²) in [5, 5.41) is 8.69. The van der Waals surface area contributed by atoms with E-state index in [2.05, 4.69) is 0 Å². The van der Waals surface area contributed by atoms with E-state index < -0.39 is 5.97 Å². The molecule has 1 aromatic rings. The first-order chi connectivity index (χ1) is 7.02. The molecule has 0 saturated heterocycles. The molecule has 0 amide bonds. The maximum Gasteiger partial charge on any atom is 0.303 e. The third-order valence-corrected chi connectivity index (χ3v) is 3.34. The Morgan fingerprint density at radius 2 is 2.13 bits per heavy atom. The molecule has 0 spiro atoms. The molecule has 15 heavy (non-hydrogen) atoms. The highest BCUT2D eigenvalue weighted by molar-refractivity contribution is 5.68. The van der Waals surface area contributed by atoms with Crippen LogP contribution in [0.2, 0.25) is 0 Å². The van der Waals surface area contributed by atoms with Gasteiger partial charge in [-0.25, -0.2) is 4.39 Å². The van der Waals surface area contributed by atoms with Gasteiger partial charge in [-0.1, -0.05) is 19.1 Å². The summed E-state index contributed by atoms with van der Waals surface area (Å²) in [4.78, 5) is 10.6. The number of carboxylic acid groups (broad SMARTS) is 1. The van der Waals surface area contributed by atoms with Crippen LogP contribution in [0, 0.1) is 11.7 Å². The van der Waals surface area contributed by atoms with Crippen molar-refractivity contribution in [2.45, 2.75) is 25.2 Å². The number of hydrogen-bond acceptors (Lipinski definition) is 1. The summed E-state index contributed by atoms with van der Waals surface area (Å²) in [5.74, 6) is -0.816. The average Bonchev–Trinajstić information content (AvgIpc) is 2.78. The van der Waals surface area contributed by atoms with Gasteiger partial charge in [-0.2, -0.15) is 0 Å². The van der Waals surface area contributed by atoms with Crippen molar-refractivity contribution in [2.24, 2.45) is 5.92 Å². The van der Waals surface area contributed by atoms with Gasteiger partial charge in [0.05, 0.1) is 0 Å². The molecule has 2 rings (SSSR count). The maximum atomic E-state index is 12.7. The fourth-order valence-electron chi connectivity index (χ4n) is 2.15. The molecule has 1 fully saturated rings. The lowest BCUT2D eigenvalue weighted by Crippen LogP contribution is -2.07. The van der Waals surface area contributed by atoms with Crippen molar-refractivity contribution in [1.29, 1.82) is 0 Å². The van der Waals surface area contributed by atoms with Crippen LogP contribution >= 0.6 is 0 Å². The maximum absolute atomic E-state index is 12.7. The van der Waals surface area contributed by atoms with Crippen LogP contribution in [-0.4, -0.2) is 11.1 Å². The summed E-state index contributed by atoms with van der Waals surface area (Å²) in [6, 6.07) is 6.35. The zero-order chi connectivity index (χ0) is 11.1. The zero-order valence-electron chi connectivity index (χ0n) is 8.53. The van der Waals surface area contributed by atoms with Gasteiger partial charge in [0.25, 0.3) is 0 Å².